The van der Waals surface area contributed by atoms with Crippen molar-refractivity contribution in [3.8, 4) is 5.75 Å². The summed E-state index contributed by atoms with van der Waals surface area (Å²) in [6.07, 6.45) is -4.36. The Morgan fingerprint density at radius 3 is 2.57 bits per heavy atom. The molecule has 0 saturated heterocycles. The van der Waals surface area contributed by atoms with Gasteiger partial charge in [-0.25, -0.2) is 0 Å². The highest BCUT2D eigenvalue weighted by atomic mass is 79.9. The molecule has 0 radical (unpaired) electrons. The number of rotatable bonds is 2. The fourth-order valence-electron chi connectivity index (χ4n) is 0.755. The van der Waals surface area contributed by atoms with E-state index in [1.807, 2.05) is 0 Å². The highest BCUT2D eigenvalue weighted by Gasteiger charge is 2.28. The third-order valence-electron chi connectivity index (χ3n) is 1.31. The molecule has 0 aliphatic rings. The lowest BCUT2D eigenvalue weighted by Crippen LogP contribution is -2.19. The van der Waals surface area contributed by atoms with Crippen molar-refractivity contribution < 1.29 is 17.9 Å². The first-order valence-electron chi connectivity index (χ1n) is 3.54. The van der Waals surface area contributed by atoms with Crippen LogP contribution >= 0.6 is 27.5 Å². The molecule has 1 aromatic rings. The van der Waals surface area contributed by atoms with E-state index in [9.17, 15) is 13.2 Å². The number of benzene rings is 1. The van der Waals surface area contributed by atoms with Gasteiger partial charge in [-0.1, -0.05) is 17.7 Å². The van der Waals surface area contributed by atoms with Crippen molar-refractivity contribution >= 4 is 27.5 Å². The van der Waals surface area contributed by atoms with Crippen molar-refractivity contribution in [1.82, 2.24) is 0 Å². The second-order valence-electron chi connectivity index (χ2n) is 2.46. The molecular weight excluding hydrogens is 284 g/mol. The molecule has 0 N–H and O–H groups in total. The van der Waals surface area contributed by atoms with Crippen LogP contribution in [0.15, 0.2) is 22.7 Å². The van der Waals surface area contributed by atoms with Gasteiger partial charge in [0.05, 0.1) is 5.02 Å². The predicted octanol–water partition coefficient (Wildman–Crippen LogP) is 4.04. The molecule has 0 heterocycles. The lowest BCUT2D eigenvalue weighted by Gasteiger charge is -2.10. The zero-order valence-corrected chi connectivity index (χ0v) is 9.08. The Bertz CT molecular complexity index is 327. The second kappa shape index (κ2) is 4.40. The summed E-state index contributed by atoms with van der Waals surface area (Å²) >= 11 is 8.76. The molecule has 0 bridgehead atoms. The molecule has 0 spiro atoms. The largest absolute Gasteiger partial charge is 0.483 e. The van der Waals surface area contributed by atoms with Crippen molar-refractivity contribution in [2.75, 3.05) is 6.61 Å². The zero-order chi connectivity index (χ0) is 10.8. The van der Waals surface area contributed by atoms with Gasteiger partial charge < -0.3 is 4.74 Å². The first kappa shape index (κ1) is 11.7. The van der Waals surface area contributed by atoms with Gasteiger partial charge in [-0.05, 0) is 28.1 Å². The van der Waals surface area contributed by atoms with Gasteiger partial charge >= 0.3 is 6.18 Å². The smallest absolute Gasteiger partial charge is 0.422 e. The Morgan fingerprint density at radius 2 is 2.00 bits per heavy atom. The maximum absolute atomic E-state index is 11.8. The highest BCUT2D eigenvalue weighted by molar-refractivity contribution is 9.10. The van der Waals surface area contributed by atoms with Crippen LogP contribution in [0.25, 0.3) is 0 Å². The minimum Gasteiger partial charge on any atom is -0.483 e. The van der Waals surface area contributed by atoms with Crippen LogP contribution in [-0.4, -0.2) is 12.8 Å². The molecule has 0 saturated carbocycles. The average Bonchev–Trinajstić information content (AvgIpc) is 2.06. The summed E-state index contributed by atoms with van der Waals surface area (Å²) in [5.74, 6) is 0.0124. The summed E-state index contributed by atoms with van der Waals surface area (Å²) in [6.45, 7) is -1.34. The maximum atomic E-state index is 11.8. The summed E-state index contributed by atoms with van der Waals surface area (Å²) in [4.78, 5) is 0. The van der Waals surface area contributed by atoms with Crippen LogP contribution in [0.1, 0.15) is 0 Å². The quantitative estimate of drug-likeness (QED) is 0.798. The fraction of sp³-hybridized carbons (Fsp3) is 0.250. The van der Waals surface area contributed by atoms with E-state index in [0.29, 0.717) is 4.47 Å². The molecule has 1 rings (SSSR count). The van der Waals surface area contributed by atoms with Crippen molar-refractivity contribution in [2.24, 2.45) is 0 Å². The molecule has 0 unspecified atom stereocenters. The molecule has 0 atom stereocenters. The Hall–Kier alpha value is -0.420. The first-order chi connectivity index (χ1) is 6.40. The normalized spacial score (nSPS) is 11.5. The van der Waals surface area contributed by atoms with Gasteiger partial charge in [-0.3, -0.25) is 0 Å². The van der Waals surface area contributed by atoms with E-state index in [1.165, 1.54) is 6.07 Å². The lowest BCUT2D eigenvalue weighted by molar-refractivity contribution is -0.153. The number of hydrogen-bond acceptors (Lipinski definition) is 1. The molecule has 0 aliphatic carbocycles. The number of hydrogen-bond donors (Lipinski definition) is 0. The minimum absolute atomic E-state index is 0.0124. The van der Waals surface area contributed by atoms with E-state index in [1.54, 1.807) is 12.1 Å². The SMILES string of the molecule is FC(F)(F)COc1cccc(Br)c1Cl. The van der Waals surface area contributed by atoms with Gasteiger partial charge in [0.25, 0.3) is 0 Å². The zero-order valence-electron chi connectivity index (χ0n) is 6.74. The van der Waals surface area contributed by atoms with E-state index in [2.05, 4.69) is 20.7 Å². The topological polar surface area (TPSA) is 9.23 Å². The van der Waals surface area contributed by atoms with Crippen LogP contribution < -0.4 is 4.74 Å². The van der Waals surface area contributed by atoms with Gasteiger partial charge in [0, 0.05) is 4.47 Å². The van der Waals surface area contributed by atoms with Crippen LogP contribution in [-0.2, 0) is 0 Å². The standard InChI is InChI=1S/C8H5BrClF3O/c9-5-2-1-3-6(7(5)10)14-4-8(11,12)13/h1-3H,4H2. The minimum atomic E-state index is -4.36. The van der Waals surface area contributed by atoms with Crippen LogP contribution in [0.3, 0.4) is 0 Å². The van der Waals surface area contributed by atoms with Crippen LogP contribution in [0.4, 0.5) is 13.2 Å². The van der Waals surface area contributed by atoms with Crippen LogP contribution in [0.2, 0.25) is 5.02 Å². The van der Waals surface area contributed by atoms with Gasteiger partial charge in [-0.15, -0.1) is 0 Å². The third kappa shape index (κ3) is 3.38. The maximum Gasteiger partial charge on any atom is 0.422 e. The molecule has 1 nitrogen and oxygen atoms in total. The van der Waals surface area contributed by atoms with Gasteiger partial charge in [0.2, 0.25) is 0 Å². The van der Waals surface area contributed by atoms with E-state index >= 15 is 0 Å². The molecule has 6 heteroatoms. The summed E-state index contributed by atoms with van der Waals surface area (Å²) in [6, 6.07) is 4.53. The summed E-state index contributed by atoms with van der Waals surface area (Å²) in [5, 5.41) is 0.136. The molecule has 0 aliphatic heterocycles. The summed E-state index contributed by atoms with van der Waals surface area (Å²) in [5.41, 5.74) is 0. The van der Waals surface area contributed by atoms with E-state index in [4.69, 9.17) is 11.6 Å². The van der Waals surface area contributed by atoms with Gasteiger partial charge in [-0.2, -0.15) is 13.2 Å². The van der Waals surface area contributed by atoms with Crippen molar-refractivity contribution in [2.45, 2.75) is 6.18 Å². The molecule has 0 amide bonds. The predicted molar refractivity (Wildman–Crippen MR) is 50.7 cm³/mol. The number of ether oxygens (including phenoxy) is 1. The Labute approximate surface area is 91.9 Å². The Kier molecular flexibility index (Phi) is 3.66. The second-order valence-corrected chi connectivity index (χ2v) is 3.69. The third-order valence-corrected chi connectivity index (χ3v) is 2.59. The van der Waals surface area contributed by atoms with Crippen LogP contribution in [0.5, 0.6) is 5.75 Å². The number of alkyl halides is 3. The fourth-order valence-corrected chi connectivity index (χ4v) is 1.28. The molecule has 0 aromatic heterocycles. The molecule has 78 valence electrons. The average molecular weight is 289 g/mol. The van der Waals surface area contributed by atoms with Crippen molar-refractivity contribution in [3.63, 3.8) is 0 Å². The monoisotopic (exact) mass is 288 g/mol. The molecule has 0 fully saturated rings. The van der Waals surface area contributed by atoms with Crippen molar-refractivity contribution in [1.29, 1.82) is 0 Å². The number of halogens is 5. The Balaban J connectivity index is 2.73. The highest BCUT2D eigenvalue weighted by Crippen LogP contribution is 2.32. The molecule has 14 heavy (non-hydrogen) atoms. The van der Waals surface area contributed by atoms with E-state index < -0.39 is 12.8 Å². The van der Waals surface area contributed by atoms with Crippen molar-refractivity contribution in [3.05, 3.63) is 27.7 Å². The van der Waals surface area contributed by atoms with Gasteiger partial charge in [0.15, 0.2) is 6.61 Å². The van der Waals surface area contributed by atoms with Gasteiger partial charge in [0.1, 0.15) is 5.75 Å². The molecular formula is C8H5BrClF3O. The van der Waals surface area contributed by atoms with E-state index in [-0.39, 0.29) is 10.8 Å². The Morgan fingerprint density at radius 1 is 1.36 bits per heavy atom. The van der Waals surface area contributed by atoms with E-state index in [0.717, 1.165) is 0 Å². The van der Waals surface area contributed by atoms with Crippen LogP contribution in [0, 0.1) is 0 Å². The summed E-state index contributed by atoms with van der Waals surface area (Å²) in [7, 11) is 0. The summed E-state index contributed by atoms with van der Waals surface area (Å²) < 4.78 is 40.4. The molecule has 1 aromatic carbocycles. The lowest BCUT2D eigenvalue weighted by atomic mass is 10.3. The first-order valence-corrected chi connectivity index (χ1v) is 4.71.